The molecule has 0 saturated heterocycles. The number of nitrogens with zero attached hydrogens (tertiary/aromatic N) is 2. The molecule has 10 heteroatoms. The lowest BCUT2D eigenvalue weighted by Gasteiger charge is -2.27. The van der Waals surface area contributed by atoms with E-state index in [1.807, 2.05) is 24.3 Å². The van der Waals surface area contributed by atoms with Gasteiger partial charge in [-0.3, -0.25) is 4.99 Å². The van der Waals surface area contributed by atoms with Crippen LogP contribution in [0.2, 0.25) is 0 Å². The van der Waals surface area contributed by atoms with Gasteiger partial charge in [-0.25, -0.2) is 4.98 Å². The van der Waals surface area contributed by atoms with Gasteiger partial charge in [0.1, 0.15) is 5.75 Å². The van der Waals surface area contributed by atoms with E-state index in [0.717, 1.165) is 28.0 Å². The lowest BCUT2D eigenvalue weighted by molar-refractivity contribution is -0.140. The Morgan fingerprint density at radius 1 is 1.17 bits per heavy atom. The molecule has 2 N–H and O–H groups in total. The highest BCUT2D eigenvalue weighted by atomic mass is 127. The summed E-state index contributed by atoms with van der Waals surface area (Å²) in [5.74, 6) is 1.40. The van der Waals surface area contributed by atoms with E-state index in [9.17, 15) is 13.2 Å². The maximum absolute atomic E-state index is 12.6. The monoisotopic (exact) mass is 542 g/mol. The van der Waals surface area contributed by atoms with Crippen molar-refractivity contribution in [3.05, 3.63) is 45.9 Å². The highest BCUT2D eigenvalue weighted by molar-refractivity contribution is 14.0. The molecule has 1 aromatic carbocycles. The SMILES string of the molecule is CN=C(NCCc1nc(C(F)(F)F)cs1)NCC(C)(C)c1ccc(OC)cc1.I. The summed E-state index contributed by atoms with van der Waals surface area (Å²) in [5.41, 5.74) is 0.163. The fraction of sp³-hybridized carbons (Fsp3) is 0.474. The molecule has 0 aliphatic carbocycles. The number of ether oxygens (including phenoxy) is 1. The first-order valence-electron chi connectivity index (χ1n) is 8.76. The molecule has 0 unspecified atom stereocenters. The summed E-state index contributed by atoms with van der Waals surface area (Å²) in [7, 11) is 3.29. The van der Waals surface area contributed by atoms with E-state index >= 15 is 0 Å². The van der Waals surface area contributed by atoms with Crippen LogP contribution in [0.25, 0.3) is 0 Å². The summed E-state index contributed by atoms with van der Waals surface area (Å²) in [6.07, 6.45) is -4.00. The molecule has 0 spiro atoms. The highest BCUT2D eigenvalue weighted by Gasteiger charge is 2.33. The summed E-state index contributed by atoms with van der Waals surface area (Å²) >= 11 is 1.01. The number of nitrogens with one attached hydrogen (secondary N) is 2. The van der Waals surface area contributed by atoms with Crippen LogP contribution in [0.5, 0.6) is 5.75 Å². The van der Waals surface area contributed by atoms with Crippen molar-refractivity contribution in [3.8, 4) is 5.75 Å². The van der Waals surface area contributed by atoms with Gasteiger partial charge in [-0.1, -0.05) is 26.0 Å². The summed E-state index contributed by atoms with van der Waals surface area (Å²) in [4.78, 5) is 7.79. The zero-order valence-electron chi connectivity index (χ0n) is 16.8. The van der Waals surface area contributed by atoms with Gasteiger partial charge in [-0.05, 0) is 17.7 Å². The second-order valence-electron chi connectivity index (χ2n) is 6.84. The second kappa shape index (κ2) is 11.0. The molecular formula is C19H26F3IN4OS. The van der Waals surface area contributed by atoms with E-state index in [1.165, 1.54) is 0 Å². The molecule has 0 fully saturated rings. The van der Waals surface area contributed by atoms with E-state index in [4.69, 9.17) is 4.74 Å². The number of alkyl halides is 3. The minimum atomic E-state index is -4.40. The third-order valence-electron chi connectivity index (χ3n) is 4.27. The molecule has 0 aliphatic heterocycles. The number of hydrogen-bond acceptors (Lipinski definition) is 4. The number of methoxy groups -OCH3 is 1. The zero-order valence-corrected chi connectivity index (χ0v) is 19.9. The number of benzene rings is 1. The molecule has 2 aromatic rings. The third kappa shape index (κ3) is 7.65. The third-order valence-corrected chi connectivity index (χ3v) is 5.17. The number of aromatic nitrogens is 1. The molecular weight excluding hydrogens is 516 g/mol. The first-order chi connectivity index (χ1) is 13.2. The molecule has 0 saturated carbocycles. The number of hydrogen-bond donors (Lipinski definition) is 2. The Morgan fingerprint density at radius 2 is 1.83 bits per heavy atom. The van der Waals surface area contributed by atoms with Crippen LogP contribution in [0.4, 0.5) is 13.2 Å². The number of thiazole rings is 1. The van der Waals surface area contributed by atoms with Crippen molar-refractivity contribution in [1.82, 2.24) is 15.6 Å². The first-order valence-corrected chi connectivity index (χ1v) is 9.64. The first kappa shape index (κ1) is 25.5. The van der Waals surface area contributed by atoms with Crippen LogP contribution in [0.3, 0.4) is 0 Å². The van der Waals surface area contributed by atoms with Gasteiger partial charge in [0.2, 0.25) is 0 Å². The Morgan fingerprint density at radius 3 is 2.34 bits per heavy atom. The number of rotatable bonds is 7. The van der Waals surface area contributed by atoms with E-state index in [1.54, 1.807) is 14.2 Å². The van der Waals surface area contributed by atoms with Crippen molar-refractivity contribution in [2.75, 3.05) is 27.2 Å². The van der Waals surface area contributed by atoms with E-state index in [0.29, 0.717) is 30.5 Å². The molecule has 29 heavy (non-hydrogen) atoms. The smallest absolute Gasteiger partial charge is 0.434 e. The van der Waals surface area contributed by atoms with Gasteiger partial charge >= 0.3 is 6.18 Å². The summed E-state index contributed by atoms with van der Waals surface area (Å²) in [5, 5.41) is 7.86. The highest BCUT2D eigenvalue weighted by Crippen LogP contribution is 2.30. The zero-order chi connectivity index (χ0) is 20.8. The van der Waals surface area contributed by atoms with Crippen LogP contribution < -0.4 is 15.4 Å². The topological polar surface area (TPSA) is 58.5 Å². The van der Waals surface area contributed by atoms with Crippen LogP contribution in [0.15, 0.2) is 34.6 Å². The fourth-order valence-electron chi connectivity index (χ4n) is 2.51. The van der Waals surface area contributed by atoms with Gasteiger partial charge in [0.15, 0.2) is 11.7 Å². The summed E-state index contributed by atoms with van der Waals surface area (Å²) in [6, 6.07) is 7.90. The van der Waals surface area contributed by atoms with Gasteiger partial charge < -0.3 is 15.4 Å². The van der Waals surface area contributed by atoms with Crippen LogP contribution in [-0.4, -0.2) is 38.2 Å². The Labute approximate surface area is 190 Å². The molecule has 1 aromatic heterocycles. The van der Waals surface area contributed by atoms with Crippen molar-refractivity contribution in [1.29, 1.82) is 0 Å². The van der Waals surface area contributed by atoms with Crippen molar-refractivity contribution in [2.45, 2.75) is 31.9 Å². The van der Waals surface area contributed by atoms with Gasteiger partial charge in [0.05, 0.1) is 12.1 Å². The minimum absolute atomic E-state index is 0. The summed E-state index contributed by atoms with van der Waals surface area (Å²) < 4.78 is 43.0. The van der Waals surface area contributed by atoms with Crippen molar-refractivity contribution < 1.29 is 17.9 Å². The number of aliphatic imine (C=N–C) groups is 1. The average Bonchev–Trinajstić information content (AvgIpc) is 3.14. The molecule has 0 radical (unpaired) electrons. The molecule has 0 amide bonds. The molecule has 162 valence electrons. The lowest BCUT2D eigenvalue weighted by Crippen LogP contribution is -2.44. The van der Waals surface area contributed by atoms with E-state index in [2.05, 4.69) is 34.5 Å². The molecule has 0 aliphatic rings. The molecule has 0 bridgehead atoms. The maximum Gasteiger partial charge on any atom is 0.434 e. The van der Waals surface area contributed by atoms with Crippen molar-refractivity contribution >= 4 is 41.3 Å². The van der Waals surface area contributed by atoms with Crippen LogP contribution in [0, 0.1) is 0 Å². The fourth-order valence-corrected chi connectivity index (χ4v) is 3.32. The molecule has 5 nitrogen and oxygen atoms in total. The normalized spacial score (nSPS) is 12.3. The number of halogens is 4. The van der Waals surface area contributed by atoms with Crippen LogP contribution in [-0.2, 0) is 18.0 Å². The predicted molar refractivity (Wildman–Crippen MR) is 122 cm³/mol. The average molecular weight is 542 g/mol. The van der Waals surface area contributed by atoms with Gasteiger partial charge in [0, 0.05) is 37.4 Å². The van der Waals surface area contributed by atoms with Gasteiger partial charge in [0.25, 0.3) is 0 Å². The van der Waals surface area contributed by atoms with Crippen LogP contribution >= 0.6 is 35.3 Å². The molecule has 0 atom stereocenters. The second-order valence-corrected chi connectivity index (χ2v) is 7.78. The van der Waals surface area contributed by atoms with Crippen LogP contribution in [0.1, 0.15) is 30.1 Å². The largest absolute Gasteiger partial charge is 0.497 e. The Balaban J connectivity index is 0.00000420. The Kier molecular flexibility index (Phi) is 9.66. The van der Waals surface area contributed by atoms with Gasteiger partial charge in [-0.15, -0.1) is 35.3 Å². The Hall–Kier alpha value is -1.56. The Bertz CT molecular complexity index is 791. The maximum atomic E-state index is 12.6. The minimum Gasteiger partial charge on any atom is -0.497 e. The molecule has 1 heterocycles. The quantitative estimate of drug-likeness (QED) is 0.308. The van der Waals surface area contributed by atoms with Crippen molar-refractivity contribution in [2.24, 2.45) is 4.99 Å². The lowest BCUT2D eigenvalue weighted by atomic mass is 9.84. The predicted octanol–water partition coefficient (Wildman–Crippen LogP) is 4.47. The standard InChI is InChI=1S/C19H25F3N4OS.HI/c1-18(2,13-5-7-14(27-4)8-6-13)12-25-17(23-3)24-10-9-16-26-15(11-28-16)19(20,21)22;/h5-8,11H,9-10,12H2,1-4H3,(H2,23,24,25);1H. The summed E-state index contributed by atoms with van der Waals surface area (Å²) in [6.45, 7) is 5.30. The number of guanidine groups is 1. The van der Waals surface area contributed by atoms with E-state index < -0.39 is 11.9 Å². The van der Waals surface area contributed by atoms with E-state index in [-0.39, 0.29) is 29.4 Å². The van der Waals surface area contributed by atoms with Gasteiger partial charge in [-0.2, -0.15) is 13.2 Å². The molecule has 2 rings (SSSR count). The van der Waals surface area contributed by atoms with Crippen molar-refractivity contribution in [3.63, 3.8) is 0 Å².